The van der Waals surface area contributed by atoms with Crippen molar-refractivity contribution in [2.75, 3.05) is 26.2 Å². The normalized spacial score (nSPS) is 26.8. The Balaban J connectivity index is 1.53. The van der Waals surface area contributed by atoms with Crippen LogP contribution in [-0.2, 0) is 11.2 Å². The Labute approximate surface area is 115 Å². The van der Waals surface area contributed by atoms with E-state index in [-0.39, 0.29) is 5.92 Å². The van der Waals surface area contributed by atoms with Crippen LogP contribution in [0.3, 0.4) is 0 Å². The van der Waals surface area contributed by atoms with Crippen LogP contribution in [0.15, 0.2) is 30.3 Å². The van der Waals surface area contributed by atoms with Gasteiger partial charge in [0.25, 0.3) is 0 Å². The summed E-state index contributed by atoms with van der Waals surface area (Å²) in [4.78, 5) is 14.4. The van der Waals surface area contributed by atoms with Gasteiger partial charge in [-0.2, -0.15) is 0 Å². The largest absolute Gasteiger partial charge is 0.342 e. The summed E-state index contributed by atoms with van der Waals surface area (Å²) < 4.78 is 0. The summed E-state index contributed by atoms with van der Waals surface area (Å²) in [6.07, 6.45) is 3.27. The van der Waals surface area contributed by atoms with Gasteiger partial charge in [-0.15, -0.1) is 0 Å². The Morgan fingerprint density at radius 2 is 2.11 bits per heavy atom. The fraction of sp³-hybridized carbons (Fsp3) is 0.562. The highest BCUT2D eigenvalue weighted by Gasteiger charge is 2.32. The molecule has 19 heavy (non-hydrogen) atoms. The molecule has 0 spiro atoms. The minimum atomic E-state index is 0.232. The van der Waals surface area contributed by atoms with E-state index in [1.807, 2.05) is 0 Å². The van der Waals surface area contributed by atoms with Crippen LogP contribution in [0.2, 0.25) is 0 Å². The molecule has 0 aliphatic carbocycles. The molecular formula is C16H22N2O. The van der Waals surface area contributed by atoms with E-state index in [4.69, 9.17) is 0 Å². The van der Waals surface area contributed by atoms with Gasteiger partial charge < -0.3 is 10.2 Å². The number of rotatable bonds is 3. The van der Waals surface area contributed by atoms with E-state index in [9.17, 15) is 4.79 Å². The third-order valence-corrected chi connectivity index (χ3v) is 4.37. The molecule has 1 N–H and O–H groups in total. The lowest BCUT2D eigenvalue weighted by Crippen LogP contribution is -2.35. The van der Waals surface area contributed by atoms with Crippen LogP contribution >= 0.6 is 0 Å². The minimum absolute atomic E-state index is 0.232. The molecule has 2 aliphatic heterocycles. The van der Waals surface area contributed by atoms with E-state index in [2.05, 4.69) is 40.5 Å². The molecule has 102 valence electrons. The number of hydrogen-bond acceptors (Lipinski definition) is 2. The van der Waals surface area contributed by atoms with E-state index < -0.39 is 0 Å². The number of amides is 1. The number of hydrogen-bond donors (Lipinski definition) is 1. The van der Waals surface area contributed by atoms with Gasteiger partial charge in [0, 0.05) is 19.6 Å². The molecule has 3 rings (SSSR count). The molecule has 2 heterocycles. The maximum Gasteiger partial charge on any atom is 0.227 e. The van der Waals surface area contributed by atoms with Crippen molar-refractivity contribution in [2.45, 2.75) is 19.3 Å². The van der Waals surface area contributed by atoms with Gasteiger partial charge in [-0.25, -0.2) is 0 Å². The fourth-order valence-corrected chi connectivity index (χ4v) is 3.27. The number of nitrogens with one attached hydrogen (secondary N) is 1. The highest BCUT2D eigenvalue weighted by Crippen LogP contribution is 2.23. The molecule has 2 fully saturated rings. The average Bonchev–Trinajstić information content (AvgIpc) is 3.10. The molecule has 0 saturated carbocycles. The standard InChI is InChI=1S/C16H22N2O/c19-16(15-6-8-17-11-15)18-9-7-14(12-18)10-13-4-2-1-3-5-13/h1-5,14-15,17H,6-12H2. The van der Waals surface area contributed by atoms with Crippen molar-refractivity contribution in [1.29, 1.82) is 0 Å². The van der Waals surface area contributed by atoms with Crippen LogP contribution < -0.4 is 5.32 Å². The predicted octanol–water partition coefficient (Wildman–Crippen LogP) is 1.69. The van der Waals surface area contributed by atoms with Crippen LogP contribution in [0.5, 0.6) is 0 Å². The van der Waals surface area contributed by atoms with E-state index >= 15 is 0 Å². The fourth-order valence-electron chi connectivity index (χ4n) is 3.27. The van der Waals surface area contributed by atoms with E-state index in [0.717, 1.165) is 45.4 Å². The summed E-state index contributed by atoms with van der Waals surface area (Å²) in [5.41, 5.74) is 1.39. The molecule has 3 nitrogen and oxygen atoms in total. The van der Waals surface area contributed by atoms with Gasteiger partial charge in [-0.3, -0.25) is 4.79 Å². The second kappa shape index (κ2) is 5.74. The van der Waals surface area contributed by atoms with E-state index in [1.54, 1.807) is 0 Å². The number of nitrogens with zero attached hydrogens (tertiary/aromatic N) is 1. The second-order valence-corrected chi connectivity index (χ2v) is 5.82. The molecule has 1 aromatic carbocycles. The molecule has 0 bridgehead atoms. The summed E-state index contributed by atoms with van der Waals surface area (Å²) in [5.74, 6) is 1.25. The first-order chi connectivity index (χ1) is 9.33. The summed E-state index contributed by atoms with van der Waals surface area (Å²) >= 11 is 0. The summed E-state index contributed by atoms with van der Waals surface area (Å²) in [5, 5.41) is 3.28. The van der Waals surface area contributed by atoms with Gasteiger partial charge in [0.15, 0.2) is 0 Å². The molecular weight excluding hydrogens is 236 g/mol. The summed E-state index contributed by atoms with van der Waals surface area (Å²) in [6, 6.07) is 10.6. The molecule has 2 unspecified atom stereocenters. The Morgan fingerprint density at radius 3 is 2.84 bits per heavy atom. The predicted molar refractivity (Wildman–Crippen MR) is 75.8 cm³/mol. The molecule has 2 atom stereocenters. The van der Waals surface area contributed by atoms with Crippen molar-refractivity contribution >= 4 is 5.91 Å². The maximum atomic E-state index is 12.3. The van der Waals surface area contributed by atoms with Crippen LogP contribution in [0.25, 0.3) is 0 Å². The Kier molecular flexibility index (Phi) is 3.83. The first-order valence-corrected chi connectivity index (χ1v) is 7.36. The SMILES string of the molecule is O=C(C1CCNC1)N1CCC(Cc2ccccc2)C1. The van der Waals surface area contributed by atoms with Gasteiger partial charge >= 0.3 is 0 Å². The van der Waals surface area contributed by atoms with Crippen molar-refractivity contribution in [2.24, 2.45) is 11.8 Å². The molecule has 0 radical (unpaired) electrons. The minimum Gasteiger partial charge on any atom is -0.342 e. The van der Waals surface area contributed by atoms with E-state index in [1.165, 1.54) is 5.56 Å². The van der Waals surface area contributed by atoms with Crippen molar-refractivity contribution in [1.82, 2.24) is 10.2 Å². The Bertz CT molecular complexity index is 426. The van der Waals surface area contributed by atoms with Crippen molar-refractivity contribution in [3.63, 3.8) is 0 Å². The lowest BCUT2D eigenvalue weighted by molar-refractivity contribution is -0.133. The van der Waals surface area contributed by atoms with Gasteiger partial charge in [0.2, 0.25) is 5.91 Å². The second-order valence-electron chi connectivity index (χ2n) is 5.82. The zero-order valence-corrected chi connectivity index (χ0v) is 11.3. The molecule has 1 amide bonds. The zero-order chi connectivity index (χ0) is 13.1. The molecule has 3 heteroatoms. The number of carbonyl (C=O) groups excluding carboxylic acids is 1. The Hall–Kier alpha value is -1.35. The van der Waals surface area contributed by atoms with Crippen LogP contribution in [-0.4, -0.2) is 37.0 Å². The molecule has 1 aromatic rings. The highest BCUT2D eigenvalue weighted by atomic mass is 16.2. The first kappa shape index (κ1) is 12.7. The lowest BCUT2D eigenvalue weighted by Gasteiger charge is -2.20. The molecule has 2 aliphatic rings. The third kappa shape index (κ3) is 2.98. The first-order valence-electron chi connectivity index (χ1n) is 7.36. The van der Waals surface area contributed by atoms with Crippen molar-refractivity contribution in [3.8, 4) is 0 Å². The number of benzene rings is 1. The molecule has 0 aromatic heterocycles. The average molecular weight is 258 g/mol. The smallest absolute Gasteiger partial charge is 0.227 e. The van der Waals surface area contributed by atoms with Crippen molar-refractivity contribution in [3.05, 3.63) is 35.9 Å². The maximum absolute atomic E-state index is 12.3. The summed E-state index contributed by atoms with van der Waals surface area (Å²) in [7, 11) is 0. The summed E-state index contributed by atoms with van der Waals surface area (Å²) in [6.45, 7) is 3.77. The van der Waals surface area contributed by atoms with Crippen molar-refractivity contribution < 1.29 is 4.79 Å². The third-order valence-electron chi connectivity index (χ3n) is 4.37. The zero-order valence-electron chi connectivity index (χ0n) is 11.3. The van der Waals surface area contributed by atoms with Gasteiger partial charge in [-0.1, -0.05) is 30.3 Å². The van der Waals surface area contributed by atoms with Crippen LogP contribution in [0.1, 0.15) is 18.4 Å². The topological polar surface area (TPSA) is 32.3 Å². The number of likely N-dealkylation sites (tertiary alicyclic amines) is 1. The number of carbonyl (C=O) groups is 1. The quantitative estimate of drug-likeness (QED) is 0.895. The highest BCUT2D eigenvalue weighted by molar-refractivity contribution is 5.79. The lowest BCUT2D eigenvalue weighted by atomic mass is 9.99. The van der Waals surface area contributed by atoms with Gasteiger partial charge in [0.1, 0.15) is 0 Å². The van der Waals surface area contributed by atoms with Gasteiger partial charge in [0.05, 0.1) is 5.92 Å². The van der Waals surface area contributed by atoms with Crippen LogP contribution in [0.4, 0.5) is 0 Å². The Morgan fingerprint density at radius 1 is 1.26 bits per heavy atom. The van der Waals surface area contributed by atoms with Crippen LogP contribution in [0, 0.1) is 11.8 Å². The molecule has 2 saturated heterocycles. The van der Waals surface area contributed by atoms with Gasteiger partial charge in [-0.05, 0) is 37.3 Å². The monoisotopic (exact) mass is 258 g/mol. The van der Waals surface area contributed by atoms with E-state index in [0.29, 0.717) is 11.8 Å².